The number of fused-ring (bicyclic) bond motifs is 1. The van der Waals surface area contributed by atoms with Gasteiger partial charge < -0.3 is 15.1 Å². The number of nitrogens with one attached hydrogen (secondary N) is 2. The van der Waals surface area contributed by atoms with Crippen molar-refractivity contribution in [2.75, 3.05) is 10.6 Å². The van der Waals surface area contributed by atoms with Gasteiger partial charge in [0, 0.05) is 35.4 Å². The number of nitrogens with zero attached hydrogens (tertiary/aromatic N) is 1. The first-order valence-corrected chi connectivity index (χ1v) is 9.68. The van der Waals surface area contributed by atoms with E-state index < -0.39 is 22.6 Å². The van der Waals surface area contributed by atoms with E-state index in [2.05, 4.69) is 10.6 Å². The molecule has 2 N–H and O–H groups in total. The molecule has 0 bridgehead atoms. The van der Waals surface area contributed by atoms with E-state index in [1.54, 1.807) is 30.3 Å². The van der Waals surface area contributed by atoms with Crippen molar-refractivity contribution in [1.82, 2.24) is 0 Å². The normalized spacial score (nSPS) is 11.4. The molecular weight excluding hydrogens is 439 g/mol. The van der Waals surface area contributed by atoms with E-state index in [9.17, 15) is 28.1 Å². The van der Waals surface area contributed by atoms with Crippen LogP contribution in [0.15, 0.2) is 77.2 Å². The highest BCUT2D eigenvalue weighted by molar-refractivity contribution is 6.04. The monoisotopic (exact) mass is 455 g/mol. The SMILES string of the molecule is O=C(Nc1cccc(C(F)(F)F)c1)c1cc2cc(NCc3cccc([N+](=O)[O-])c3)ccc2o1. The number of benzene rings is 3. The molecule has 1 heterocycles. The number of rotatable bonds is 6. The Morgan fingerprint density at radius 2 is 1.76 bits per heavy atom. The summed E-state index contributed by atoms with van der Waals surface area (Å²) in [5.41, 5.74) is 0.956. The van der Waals surface area contributed by atoms with Gasteiger partial charge in [0.15, 0.2) is 5.76 Å². The first-order chi connectivity index (χ1) is 15.7. The lowest BCUT2D eigenvalue weighted by molar-refractivity contribution is -0.384. The van der Waals surface area contributed by atoms with Crippen molar-refractivity contribution in [3.05, 3.63) is 99.8 Å². The van der Waals surface area contributed by atoms with Crippen LogP contribution in [0.2, 0.25) is 0 Å². The number of hydrogen-bond acceptors (Lipinski definition) is 5. The first kappa shape index (κ1) is 21.9. The molecule has 0 aliphatic rings. The highest BCUT2D eigenvalue weighted by Gasteiger charge is 2.30. The molecule has 1 amide bonds. The predicted molar refractivity (Wildman–Crippen MR) is 116 cm³/mol. The highest BCUT2D eigenvalue weighted by Crippen LogP contribution is 2.31. The van der Waals surface area contributed by atoms with Gasteiger partial charge >= 0.3 is 6.18 Å². The summed E-state index contributed by atoms with van der Waals surface area (Å²) in [6, 6.07) is 17.1. The zero-order valence-electron chi connectivity index (χ0n) is 16.8. The van der Waals surface area contributed by atoms with Gasteiger partial charge in [-0.1, -0.05) is 18.2 Å². The zero-order chi connectivity index (χ0) is 23.6. The highest BCUT2D eigenvalue weighted by atomic mass is 19.4. The minimum absolute atomic E-state index is 0.00369. The Kier molecular flexibility index (Phi) is 5.74. The van der Waals surface area contributed by atoms with Crippen molar-refractivity contribution in [3.63, 3.8) is 0 Å². The van der Waals surface area contributed by atoms with Gasteiger partial charge in [0.05, 0.1) is 10.5 Å². The molecule has 0 atom stereocenters. The summed E-state index contributed by atoms with van der Waals surface area (Å²) in [5.74, 6) is -0.741. The van der Waals surface area contributed by atoms with Gasteiger partial charge in [-0.2, -0.15) is 13.2 Å². The number of anilines is 2. The second-order valence-electron chi connectivity index (χ2n) is 7.18. The molecule has 3 aromatic carbocycles. The lowest BCUT2D eigenvalue weighted by Gasteiger charge is -2.09. The van der Waals surface area contributed by atoms with E-state index >= 15 is 0 Å². The second kappa shape index (κ2) is 8.65. The van der Waals surface area contributed by atoms with Crippen LogP contribution in [0.1, 0.15) is 21.7 Å². The number of amides is 1. The minimum Gasteiger partial charge on any atom is -0.451 e. The topological polar surface area (TPSA) is 97.4 Å². The molecule has 4 aromatic rings. The average Bonchev–Trinajstić information content (AvgIpc) is 3.21. The third-order valence-corrected chi connectivity index (χ3v) is 4.81. The van der Waals surface area contributed by atoms with Crippen LogP contribution in [0.5, 0.6) is 0 Å². The van der Waals surface area contributed by atoms with Crippen molar-refractivity contribution >= 4 is 33.9 Å². The van der Waals surface area contributed by atoms with Gasteiger partial charge in [0.2, 0.25) is 0 Å². The number of carbonyl (C=O) groups is 1. The smallest absolute Gasteiger partial charge is 0.416 e. The molecule has 33 heavy (non-hydrogen) atoms. The van der Waals surface area contributed by atoms with Gasteiger partial charge in [0.25, 0.3) is 11.6 Å². The molecule has 7 nitrogen and oxygen atoms in total. The molecule has 4 rings (SSSR count). The molecular formula is C23H16F3N3O4. The Morgan fingerprint density at radius 1 is 0.970 bits per heavy atom. The Balaban J connectivity index is 1.47. The maximum atomic E-state index is 12.9. The Labute approximate surface area is 185 Å². The molecule has 168 valence electrons. The van der Waals surface area contributed by atoms with E-state index in [0.29, 0.717) is 23.2 Å². The average molecular weight is 455 g/mol. The summed E-state index contributed by atoms with van der Waals surface area (Å²) in [5, 5.41) is 17.1. The summed E-state index contributed by atoms with van der Waals surface area (Å²) in [6.07, 6.45) is -4.52. The van der Waals surface area contributed by atoms with Crippen LogP contribution in [0.3, 0.4) is 0 Å². The van der Waals surface area contributed by atoms with Crippen molar-refractivity contribution in [2.45, 2.75) is 12.7 Å². The van der Waals surface area contributed by atoms with Crippen LogP contribution < -0.4 is 10.6 Å². The fraction of sp³-hybridized carbons (Fsp3) is 0.0870. The van der Waals surface area contributed by atoms with Gasteiger partial charge in [-0.25, -0.2) is 0 Å². The third kappa shape index (κ3) is 5.12. The van der Waals surface area contributed by atoms with E-state index in [1.165, 1.54) is 30.3 Å². The quantitative estimate of drug-likeness (QED) is 0.266. The van der Waals surface area contributed by atoms with Crippen LogP contribution in [-0.4, -0.2) is 10.8 Å². The largest absolute Gasteiger partial charge is 0.451 e. The van der Waals surface area contributed by atoms with E-state index in [1.807, 2.05) is 0 Å². The molecule has 1 aromatic heterocycles. The van der Waals surface area contributed by atoms with E-state index in [-0.39, 0.29) is 17.1 Å². The lowest BCUT2D eigenvalue weighted by Crippen LogP contribution is -2.12. The van der Waals surface area contributed by atoms with Crippen molar-refractivity contribution in [2.24, 2.45) is 0 Å². The second-order valence-corrected chi connectivity index (χ2v) is 7.18. The summed E-state index contributed by atoms with van der Waals surface area (Å²) in [6.45, 7) is 0.341. The van der Waals surface area contributed by atoms with Crippen molar-refractivity contribution in [3.8, 4) is 0 Å². The van der Waals surface area contributed by atoms with Crippen LogP contribution >= 0.6 is 0 Å². The van der Waals surface area contributed by atoms with Crippen molar-refractivity contribution < 1.29 is 27.3 Å². The maximum absolute atomic E-state index is 12.9. The third-order valence-electron chi connectivity index (χ3n) is 4.81. The molecule has 10 heteroatoms. The fourth-order valence-corrected chi connectivity index (χ4v) is 3.22. The molecule has 0 aliphatic carbocycles. The van der Waals surface area contributed by atoms with Crippen molar-refractivity contribution in [1.29, 1.82) is 0 Å². The number of carbonyl (C=O) groups excluding carboxylic acids is 1. The minimum atomic E-state index is -4.52. The number of non-ortho nitro benzene ring substituents is 1. The molecule has 0 radical (unpaired) electrons. The zero-order valence-corrected chi connectivity index (χ0v) is 16.8. The number of hydrogen-bond donors (Lipinski definition) is 2. The number of nitro benzene ring substituents is 1. The number of alkyl halides is 3. The maximum Gasteiger partial charge on any atom is 0.416 e. The van der Waals surface area contributed by atoms with Crippen LogP contribution in [0.25, 0.3) is 11.0 Å². The van der Waals surface area contributed by atoms with E-state index in [0.717, 1.165) is 17.7 Å². The Bertz CT molecular complexity index is 1350. The summed E-state index contributed by atoms with van der Waals surface area (Å²) < 4.78 is 44.1. The molecule has 0 fully saturated rings. The van der Waals surface area contributed by atoms with Gasteiger partial charge in [-0.15, -0.1) is 0 Å². The summed E-state index contributed by atoms with van der Waals surface area (Å²) >= 11 is 0. The van der Waals surface area contributed by atoms with Gasteiger partial charge in [-0.3, -0.25) is 14.9 Å². The van der Waals surface area contributed by atoms with E-state index in [4.69, 9.17) is 4.42 Å². The molecule has 0 saturated carbocycles. The number of halogens is 3. The van der Waals surface area contributed by atoms with Crippen LogP contribution in [0.4, 0.5) is 30.2 Å². The predicted octanol–water partition coefficient (Wildman–Crippen LogP) is 6.22. The molecule has 0 spiro atoms. The number of nitro groups is 1. The van der Waals surface area contributed by atoms with Gasteiger partial charge in [0.1, 0.15) is 5.58 Å². The molecule has 0 aliphatic heterocycles. The van der Waals surface area contributed by atoms with Crippen LogP contribution in [-0.2, 0) is 12.7 Å². The van der Waals surface area contributed by atoms with Crippen LogP contribution in [0, 0.1) is 10.1 Å². The standard InChI is InChI=1S/C23H16F3N3O4/c24-23(25,26)16-4-2-5-18(12-16)28-22(30)21-11-15-10-17(7-8-20(15)33-21)27-13-14-3-1-6-19(9-14)29(31)32/h1-12,27H,13H2,(H,28,30). The van der Waals surface area contributed by atoms with Gasteiger partial charge in [-0.05, 0) is 48.0 Å². The summed E-state index contributed by atoms with van der Waals surface area (Å²) in [4.78, 5) is 22.9. The number of furan rings is 1. The summed E-state index contributed by atoms with van der Waals surface area (Å²) in [7, 11) is 0. The lowest BCUT2D eigenvalue weighted by atomic mass is 10.2. The molecule has 0 unspecified atom stereocenters. The Morgan fingerprint density at radius 3 is 2.52 bits per heavy atom. The first-order valence-electron chi connectivity index (χ1n) is 9.68. The molecule has 0 saturated heterocycles. The fourth-order valence-electron chi connectivity index (χ4n) is 3.22. The Hall–Kier alpha value is -4.34.